The maximum absolute atomic E-state index is 11.7. The van der Waals surface area contributed by atoms with E-state index >= 15 is 0 Å². The number of aliphatic hydroxyl groups excluding tert-OH is 2. The summed E-state index contributed by atoms with van der Waals surface area (Å²) in [7, 11) is 0. The first-order chi connectivity index (χ1) is 10.6. The molecule has 6 nitrogen and oxygen atoms in total. The molecular formula is C16H25N2O4P. The Balaban J connectivity index is 2.15. The number of ether oxygens (including phenoxy) is 1. The van der Waals surface area contributed by atoms with Crippen molar-refractivity contribution in [2.75, 3.05) is 19.5 Å². The van der Waals surface area contributed by atoms with E-state index < -0.39 is 31.4 Å². The van der Waals surface area contributed by atoms with Crippen molar-refractivity contribution in [1.82, 2.24) is 10.2 Å². The van der Waals surface area contributed by atoms with Gasteiger partial charge in [-0.25, -0.2) is 0 Å². The van der Waals surface area contributed by atoms with Gasteiger partial charge in [0.05, 0.1) is 11.7 Å². The highest BCUT2D eigenvalue weighted by molar-refractivity contribution is 7.72. The molecule has 0 aromatic heterocycles. The van der Waals surface area contributed by atoms with E-state index in [1.807, 2.05) is 0 Å². The Kier molecular flexibility index (Phi) is 5.21. The summed E-state index contributed by atoms with van der Waals surface area (Å²) >= 11 is 0. The van der Waals surface area contributed by atoms with Crippen LogP contribution in [0.3, 0.4) is 0 Å². The van der Waals surface area contributed by atoms with Crippen LogP contribution in [0, 0.1) is 0 Å². The SMILES string of the molecule is C=CC1=CN([C@@H]2O[C@H](CCP(=C)(C)C)[C@@H](O)[C@H]2O)C(=C)NC1=O. The number of hydrogen-bond acceptors (Lipinski definition) is 5. The smallest absolute Gasteiger partial charge is 0.258 e. The van der Waals surface area contributed by atoms with Crippen molar-refractivity contribution < 1.29 is 19.7 Å². The molecule has 128 valence electrons. The number of nitrogens with one attached hydrogen (secondary N) is 1. The number of hydrogen-bond donors (Lipinski definition) is 3. The fourth-order valence-corrected chi connectivity index (χ4v) is 3.55. The number of rotatable bonds is 5. The van der Waals surface area contributed by atoms with Crippen molar-refractivity contribution in [3.05, 3.63) is 36.8 Å². The highest BCUT2D eigenvalue weighted by Gasteiger charge is 2.46. The average molecular weight is 340 g/mol. The second-order valence-electron chi connectivity index (χ2n) is 6.59. The van der Waals surface area contributed by atoms with Crippen LogP contribution in [0.4, 0.5) is 0 Å². The van der Waals surface area contributed by atoms with E-state index in [0.29, 0.717) is 17.8 Å². The molecule has 0 aromatic rings. The zero-order valence-electron chi connectivity index (χ0n) is 13.6. The van der Waals surface area contributed by atoms with Crippen LogP contribution in [0.1, 0.15) is 6.42 Å². The Labute approximate surface area is 137 Å². The maximum atomic E-state index is 11.7. The van der Waals surface area contributed by atoms with Gasteiger partial charge in [0.2, 0.25) is 0 Å². The summed E-state index contributed by atoms with van der Waals surface area (Å²) in [6, 6.07) is 0. The number of carbonyl (C=O) groups excluding carboxylic acids is 1. The van der Waals surface area contributed by atoms with Gasteiger partial charge in [-0.3, -0.25) is 4.79 Å². The fraction of sp³-hybridized carbons (Fsp3) is 0.500. The number of amides is 1. The van der Waals surface area contributed by atoms with Gasteiger partial charge >= 0.3 is 0 Å². The van der Waals surface area contributed by atoms with Gasteiger partial charge in [0.1, 0.15) is 18.0 Å². The molecule has 0 aromatic carbocycles. The van der Waals surface area contributed by atoms with Crippen LogP contribution in [0.15, 0.2) is 36.8 Å². The van der Waals surface area contributed by atoms with E-state index in [-0.39, 0.29) is 5.91 Å². The quantitative estimate of drug-likeness (QED) is 0.635. The van der Waals surface area contributed by atoms with Gasteiger partial charge in [-0.1, -0.05) is 19.2 Å². The second-order valence-corrected chi connectivity index (χ2v) is 10.9. The largest absolute Gasteiger partial charge is 0.388 e. The molecular weight excluding hydrogens is 315 g/mol. The van der Waals surface area contributed by atoms with Gasteiger partial charge in [-0.2, -0.15) is 0 Å². The summed E-state index contributed by atoms with van der Waals surface area (Å²) in [6.07, 6.45) is 5.22. The molecule has 0 spiro atoms. The second kappa shape index (κ2) is 6.65. The topological polar surface area (TPSA) is 82.0 Å². The van der Waals surface area contributed by atoms with Gasteiger partial charge in [0.15, 0.2) is 6.23 Å². The van der Waals surface area contributed by atoms with E-state index in [1.54, 1.807) is 0 Å². The van der Waals surface area contributed by atoms with Crippen molar-refractivity contribution in [3.63, 3.8) is 0 Å². The minimum atomic E-state index is -1.24. The van der Waals surface area contributed by atoms with Crippen LogP contribution in [-0.4, -0.2) is 71.4 Å². The summed E-state index contributed by atoms with van der Waals surface area (Å²) in [6.45, 7) is 10.3. The van der Waals surface area contributed by atoms with Gasteiger partial charge in [0.25, 0.3) is 5.91 Å². The standard InChI is InChI=1S/C16H25N2O4P/c1-6-11-9-18(10(2)17-15(11)21)16-14(20)13(19)12(22-16)7-8-23(3,4)5/h6,9,12-14,16,19-20H,1-3,7-8H2,4-5H3,(H,17,21)/t12-,13-,14-,16-/m1/s1. The van der Waals surface area contributed by atoms with E-state index in [9.17, 15) is 15.0 Å². The Hall–Kier alpha value is -1.33. The number of nitrogens with zero attached hydrogens (tertiary/aromatic N) is 1. The molecule has 1 amide bonds. The third-order valence-corrected chi connectivity index (χ3v) is 5.43. The van der Waals surface area contributed by atoms with E-state index in [1.165, 1.54) is 17.2 Å². The van der Waals surface area contributed by atoms with E-state index in [0.717, 1.165) is 6.16 Å². The summed E-state index contributed by atoms with van der Waals surface area (Å²) < 4.78 is 5.84. The molecule has 0 bridgehead atoms. The first kappa shape index (κ1) is 18.0. The zero-order valence-corrected chi connectivity index (χ0v) is 14.5. The molecule has 3 N–H and O–H groups in total. The first-order valence-electron chi connectivity index (χ1n) is 7.46. The van der Waals surface area contributed by atoms with Crippen LogP contribution in [-0.2, 0) is 9.53 Å². The number of carbonyl (C=O) groups is 1. The van der Waals surface area contributed by atoms with Crippen molar-refractivity contribution in [1.29, 1.82) is 0 Å². The summed E-state index contributed by atoms with van der Waals surface area (Å²) in [5.41, 5.74) is 0.343. The molecule has 2 aliphatic heterocycles. The predicted molar refractivity (Wildman–Crippen MR) is 93.4 cm³/mol. The fourth-order valence-electron chi connectivity index (χ4n) is 2.60. The van der Waals surface area contributed by atoms with Gasteiger partial charge in [0, 0.05) is 6.20 Å². The molecule has 0 radical (unpaired) electrons. The molecule has 2 heterocycles. The lowest BCUT2D eigenvalue weighted by atomic mass is 10.1. The average Bonchev–Trinajstić information content (AvgIpc) is 2.73. The minimum absolute atomic E-state index is 0.294. The normalized spacial score (nSPS) is 31.8. The zero-order chi connectivity index (χ0) is 17.4. The molecule has 23 heavy (non-hydrogen) atoms. The van der Waals surface area contributed by atoms with E-state index in [2.05, 4.69) is 38.1 Å². The molecule has 0 aliphatic carbocycles. The highest BCUT2D eigenvalue weighted by Crippen LogP contribution is 2.38. The highest BCUT2D eigenvalue weighted by atomic mass is 31.2. The Morgan fingerprint density at radius 3 is 2.65 bits per heavy atom. The summed E-state index contributed by atoms with van der Waals surface area (Å²) in [4.78, 5) is 13.2. The van der Waals surface area contributed by atoms with Crippen molar-refractivity contribution in [2.45, 2.75) is 31.0 Å². The minimum Gasteiger partial charge on any atom is -0.388 e. The van der Waals surface area contributed by atoms with Gasteiger partial charge in [-0.05, 0) is 25.9 Å². The molecule has 0 saturated carbocycles. The number of aliphatic hydroxyl groups is 2. The van der Waals surface area contributed by atoms with Crippen LogP contribution in [0.5, 0.6) is 0 Å². The summed E-state index contributed by atoms with van der Waals surface area (Å²) in [5.74, 6) is -0.0167. The molecule has 1 saturated heterocycles. The summed E-state index contributed by atoms with van der Waals surface area (Å²) in [5, 5.41) is 23.2. The third kappa shape index (κ3) is 3.96. The van der Waals surface area contributed by atoms with Crippen LogP contribution in [0.25, 0.3) is 0 Å². The third-order valence-electron chi connectivity index (χ3n) is 3.96. The Bertz CT molecular complexity index is 595. The maximum Gasteiger partial charge on any atom is 0.258 e. The van der Waals surface area contributed by atoms with Crippen LogP contribution >= 0.6 is 6.89 Å². The molecule has 7 heteroatoms. The predicted octanol–water partition coefficient (Wildman–Crippen LogP) is 0.505. The molecule has 2 aliphatic rings. The van der Waals surface area contributed by atoms with Gasteiger partial charge < -0.3 is 25.2 Å². The Morgan fingerprint density at radius 2 is 2.09 bits per heavy atom. The van der Waals surface area contributed by atoms with Crippen molar-refractivity contribution in [3.8, 4) is 0 Å². The van der Waals surface area contributed by atoms with Gasteiger partial charge in [-0.15, -0.1) is 13.2 Å². The first-order valence-corrected chi connectivity index (χ1v) is 10.5. The van der Waals surface area contributed by atoms with E-state index in [4.69, 9.17) is 4.74 Å². The molecule has 0 unspecified atom stereocenters. The lowest BCUT2D eigenvalue weighted by Crippen LogP contribution is -2.47. The molecule has 1 fully saturated rings. The van der Waals surface area contributed by atoms with Crippen LogP contribution < -0.4 is 5.32 Å². The lowest BCUT2D eigenvalue weighted by Gasteiger charge is -2.34. The van der Waals surface area contributed by atoms with Crippen molar-refractivity contribution >= 4 is 19.1 Å². The molecule has 2 rings (SSSR count). The lowest BCUT2D eigenvalue weighted by molar-refractivity contribution is -0.119. The van der Waals surface area contributed by atoms with Crippen LogP contribution in [0.2, 0.25) is 0 Å². The monoisotopic (exact) mass is 340 g/mol. The Morgan fingerprint density at radius 1 is 1.43 bits per heavy atom. The van der Waals surface area contributed by atoms with Crippen molar-refractivity contribution in [2.24, 2.45) is 0 Å². The molecule has 4 atom stereocenters.